The van der Waals surface area contributed by atoms with E-state index in [1.807, 2.05) is 65.0 Å². The Morgan fingerprint density at radius 1 is 0.927 bits per heavy atom. The number of amides is 2. The molecule has 1 unspecified atom stereocenters. The Kier molecular flexibility index (Phi) is 10.9. The van der Waals surface area contributed by atoms with Gasteiger partial charge in [-0.05, 0) is 76.4 Å². The topological polar surface area (TPSA) is 86.8 Å². The highest BCUT2D eigenvalue weighted by atomic mass is 35.5. The summed E-state index contributed by atoms with van der Waals surface area (Å²) in [5.41, 5.74) is 1.55. The van der Waals surface area contributed by atoms with Crippen molar-refractivity contribution >= 4 is 50.7 Å². The zero-order valence-corrected chi connectivity index (χ0v) is 26.4. The summed E-state index contributed by atoms with van der Waals surface area (Å²) in [6, 6.07) is 19.6. The Balaban J connectivity index is 2.04. The second-order valence-electron chi connectivity index (χ2n) is 10.9. The summed E-state index contributed by atoms with van der Waals surface area (Å²) in [6.45, 7) is 8.97. The fraction of sp³-hybridized carbons (Fsp3) is 0.355. The number of rotatable bonds is 11. The third-order valence-electron chi connectivity index (χ3n) is 6.45. The van der Waals surface area contributed by atoms with Gasteiger partial charge in [-0.1, -0.05) is 78.2 Å². The van der Waals surface area contributed by atoms with E-state index in [-0.39, 0.29) is 33.1 Å². The summed E-state index contributed by atoms with van der Waals surface area (Å²) < 4.78 is 28.9. The van der Waals surface area contributed by atoms with E-state index in [1.54, 1.807) is 12.1 Å². The van der Waals surface area contributed by atoms with Crippen molar-refractivity contribution in [3.8, 4) is 0 Å². The van der Waals surface area contributed by atoms with Gasteiger partial charge < -0.3 is 10.2 Å². The maximum Gasteiger partial charge on any atom is 0.264 e. The number of carbonyl (C=O) groups excluding carboxylic acids is 2. The van der Waals surface area contributed by atoms with Gasteiger partial charge in [0.25, 0.3) is 10.0 Å². The first kappa shape index (κ1) is 32.4. The standard InChI is InChI=1S/C31H37Cl2N3O4S/c1-6-28(30(38)34-31(3,4)5)35(19-18-23-10-8-7-9-11-23)29(37)21-36(24-14-17-26(32)27(33)20-24)41(39,40)25-15-12-22(2)13-16-25/h7-17,20,28H,6,18-19,21H2,1-5H3,(H,34,38). The summed E-state index contributed by atoms with van der Waals surface area (Å²) in [7, 11) is -4.19. The highest BCUT2D eigenvalue weighted by Gasteiger charge is 2.34. The molecule has 0 radical (unpaired) electrons. The van der Waals surface area contributed by atoms with Gasteiger partial charge in [0.15, 0.2) is 0 Å². The average molecular weight is 619 g/mol. The Bertz CT molecular complexity index is 1460. The number of halogens is 2. The van der Waals surface area contributed by atoms with Gasteiger partial charge >= 0.3 is 0 Å². The van der Waals surface area contributed by atoms with Gasteiger partial charge in [0.05, 0.1) is 20.6 Å². The second kappa shape index (κ2) is 13.7. The van der Waals surface area contributed by atoms with E-state index in [9.17, 15) is 18.0 Å². The van der Waals surface area contributed by atoms with E-state index < -0.39 is 34.1 Å². The van der Waals surface area contributed by atoms with E-state index in [4.69, 9.17) is 23.2 Å². The van der Waals surface area contributed by atoms with Crippen molar-refractivity contribution in [1.29, 1.82) is 0 Å². The third kappa shape index (κ3) is 8.71. The Morgan fingerprint density at radius 3 is 2.12 bits per heavy atom. The molecule has 3 rings (SSSR count). The molecule has 0 saturated heterocycles. The van der Waals surface area contributed by atoms with Crippen molar-refractivity contribution in [3.05, 3.63) is 94.0 Å². The average Bonchev–Trinajstić information content (AvgIpc) is 2.90. The lowest BCUT2D eigenvalue weighted by Gasteiger charge is -2.34. The zero-order chi connectivity index (χ0) is 30.4. The van der Waals surface area contributed by atoms with Crippen molar-refractivity contribution < 1.29 is 18.0 Å². The number of hydrogen-bond acceptors (Lipinski definition) is 4. The van der Waals surface area contributed by atoms with Gasteiger partial charge in [-0.2, -0.15) is 0 Å². The fourth-order valence-electron chi connectivity index (χ4n) is 4.36. The molecule has 1 atom stereocenters. The third-order valence-corrected chi connectivity index (χ3v) is 8.97. The highest BCUT2D eigenvalue weighted by Crippen LogP contribution is 2.31. The number of anilines is 1. The van der Waals surface area contributed by atoms with Gasteiger partial charge in [0.2, 0.25) is 11.8 Å². The number of nitrogens with one attached hydrogen (secondary N) is 1. The molecule has 0 heterocycles. The smallest absolute Gasteiger partial charge is 0.264 e. The lowest BCUT2D eigenvalue weighted by atomic mass is 10.1. The van der Waals surface area contributed by atoms with Crippen LogP contribution in [0.5, 0.6) is 0 Å². The molecule has 0 aliphatic heterocycles. The molecular formula is C31H37Cl2N3O4S. The van der Waals surface area contributed by atoms with Crippen LogP contribution in [0.15, 0.2) is 77.7 Å². The summed E-state index contributed by atoms with van der Waals surface area (Å²) >= 11 is 12.4. The summed E-state index contributed by atoms with van der Waals surface area (Å²) in [5.74, 6) is -0.817. The number of nitrogens with zero attached hydrogens (tertiary/aromatic N) is 2. The van der Waals surface area contributed by atoms with Crippen molar-refractivity contribution in [2.45, 2.75) is 63.9 Å². The Morgan fingerprint density at radius 2 is 1.56 bits per heavy atom. The van der Waals surface area contributed by atoms with Crippen LogP contribution in [-0.4, -0.2) is 49.8 Å². The molecule has 220 valence electrons. The lowest BCUT2D eigenvalue weighted by Crippen LogP contribution is -2.56. The van der Waals surface area contributed by atoms with E-state index in [0.29, 0.717) is 12.8 Å². The molecule has 0 bridgehead atoms. The van der Waals surface area contributed by atoms with Gasteiger partial charge in [-0.25, -0.2) is 8.42 Å². The van der Waals surface area contributed by atoms with Crippen molar-refractivity contribution in [2.75, 3.05) is 17.4 Å². The van der Waals surface area contributed by atoms with Crippen LogP contribution in [-0.2, 0) is 26.0 Å². The minimum Gasteiger partial charge on any atom is -0.350 e. The van der Waals surface area contributed by atoms with E-state index in [0.717, 1.165) is 15.4 Å². The van der Waals surface area contributed by atoms with Gasteiger partial charge in [-0.3, -0.25) is 13.9 Å². The van der Waals surface area contributed by atoms with Crippen LogP contribution < -0.4 is 9.62 Å². The molecule has 0 spiro atoms. The van der Waals surface area contributed by atoms with Crippen molar-refractivity contribution in [1.82, 2.24) is 10.2 Å². The molecule has 2 amide bonds. The number of sulfonamides is 1. The van der Waals surface area contributed by atoms with Crippen LogP contribution in [0.3, 0.4) is 0 Å². The van der Waals surface area contributed by atoms with Crippen molar-refractivity contribution in [3.63, 3.8) is 0 Å². The molecule has 0 aromatic heterocycles. The SMILES string of the molecule is CCC(C(=O)NC(C)(C)C)N(CCc1ccccc1)C(=O)CN(c1ccc(Cl)c(Cl)c1)S(=O)(=O)c1ccc(C)cc1. The van der Waals surface area contributed by atoms with Crippen LogP contribution >= 0.6 is 23.2 Å². The van der Waals surface area contributed by atoms with E-state index >= 15 is 0 Å². The molecule has 0 saturated carbocycles. The maximum atomic E-state index is 14.1. The number of benzene rings is 3. The predicted molar refractivity (Wildman–Crippen MR) is 166 cm³/mol. The first-order chi connectivity index (χ1) is 19.2. The largest absolute Gasteiger partial charge is 0.350 e. The Labute approximate surface area is 253 Å². The normalized spacial score (nSPS) is 12.5. The van der Waals surface area contributed by atoms with Crippen molar-refractivity contribution in [2.24, 2.45) is 0 Å². The molecular weight excluding hydrogens is 581 g/mol. The molecule has 0 fully saturated rings. The molecule has 41 heavy (non-hydrogen) atoms. The predicted octanol–water partition coefficient (Wildman–Crippen LogP) is 6.26. The summed E-state index contributed by atoms with van der Waals surface area (Å²) in [5, 5.41) is 3.37. The van der Waals surface area contributed by atoms with Crippen LogP contribution in [0.2, 0.25) is 10.0 Å². The number of carbonyl (C=O) groups is 2. The van der Waals surface area contributed by atoms with Crippen LogP contribution in [0.1, 0.15) is 45.2 Å². The quantitative estimate of drug-likeness (QED) is 0.275. The molecule has 1 N–H and O–H groups in total. The van der Waals surface area contributed by atoms with Gasteiger partial charge in [0.1, 0.15) is 12.6 Å². The lowest BCUT2D eigenvalue weighted by molar-refractivity contribution is -0.140. The first-order valence-corrected chi connectivity index (χ1v) is 15.6. The number of hydrogen-bond donors (Lipinski definition) is 1. The van der Waals surface area contributed by atoms with Crippen LogP contribution in [0, 0.1) is 6.92 Å². The molecule has 3 aromatic carbocycles. The maximum absolute atomic E-state index is 14.1. The molecule has 0 aliphatic rings. The zero-order valence-electron chi connectivity index (χ0n) is 24.0. The Hall–Kier alpha value is -3.07. The van der Waals surface area contributed by atoms with Crippen LogP contribution in [0.4, 0.5) is 5.69 Å². The van der Waals surface area contributed by atoms with E-state index in [2.05, 4.69) is 5.32 Å². The first-order valence-electron chi connectivity index (χ1n) is 13.4. The van der Waals surface area contributed by atoms with Gasteiger partial charge in [-0.15, -0.1) is 0 Å². The molecule has 0 aliphatic carbocycles. The highest BCUT2D eigenvalue weighted by molar-refractivity contribution is 7.92. The second-order valence-corrected chi connectivity index (χ2v) is 13.6. The monoisotopic (exact) mass is 617 g/mol. The summed E-state index contributed by atoms with van der Waals surface area (Å²) in [4.78, 5) is 28.9. The van der Waals surface area contributed by atoms with E-state index in [1.165, 1.54) is 35.2 Å². The molecule has 10 heteroatoms. The number of aryl methyl sites for hydroxylation is 1. The van der Waals surface area contributed by atoms with Crippen LogP contribution in [0.25, 0.3) is 0 Å². The molecule has 3 aromatic rings. The fourth-order valence-corrected chi connectivity index (χ4v) is 6.05. The minimum atomic E-state index is -4.19. The minimum absolute atomic E-state index is 0.0234. The summed E-state index contributed by atoms with van der Waals surface area (Å²) in [6.07, 6.45) is 0.837. The van der Waals surface area contributed by atoms with Gasteiger partial charge in [0, 0.05) is 12.1 Å². The molecule has 7 nitrogen and oxygen atoms in total.